The number of anilines is 1. The predicted molar refractivity (Wildman–Crippen MR) is 96.2 cm³/mol. The van der Waals surface area contributed by atoms with E-state index in [1.165, 1.54) is 3.57 Å². The molecule has 0 spiro atoms. The number of amides is 1. The molecule has 1 fully saturated rings. The summed E-state index contributed by atoms with van der Waals surface area (Å²) in [5, 5.41) is 6.38. The summed E-state index contributed by atoms with van der Waals surface area (Å²) in [7, 11) is 1.66. The molecule has 0 bridgehead atoms. The Labute approximate surface area is 145 Å². The van der Waals surface area contributed by atoms with Gasteiger partial charge in [-0.25, -0.2) is 0 Å². The molecule has 2 rings (SSSR count). The summed E-state index contributed by atoms with van der Waals surface area (Å²) < 4.78 is 6.48. The number of ether oxygens (including phenoxy) is 1. The van der Waals surface area contributed by atoms with E-state index in [0.717, 1.165) is 37.2 Å². The first-order chi connectivity index (χ1) is 9.57. The Morgan fingerprint density at radius 1 is 1.43 bits per heavy atom. The number of carbonyl (C=O) groups excluding carboxylic acids is 1. The second-order valence-electron chi connectivity index (χ2n) is 5.38. The van der Waals surface area contributed by atoms with Crippen LogP contribution in [0.3, 0.4) is 0 Å². The molecule has 1 heterocycles. The minimum Gasteiger partial charge on any atom is -0.384 e. The number of rotatable bonds is 4. The molecule has 0 aliphatic carbocycles. The number of hydrogen-bond acceptors (Lipinski definition) is 3. The Kier molecular flexibility index (Phi) is 7.39. The average Bonchev–Trinajstić information content (AvgIpc) is 2.43. The smallest absolute Gasteiger partial charge is 0.233 e. The summed E-state index contributed by atoms with van der Waals surface area (Å²) in [6, 6.07) is 6.05. The highest BCUT2D eigenvalue weighted by Crippen LogP contribution is 2.31. The number of carbonyl (C=O) groups is 1. The van der Waals surface area contributed by atoms with Gasteiger partial charge in [-0.1, -0.05) is 0 Å². The number of aryl methyl sites for hydroxylation is 1. The first kappa shape index (κ1) is 18.7. The molecule has 1 aliphatic heterocycles. The van der Waals surface area contributed by atoms with Crippen molar-refractivity contribution in [2.75, 3.05) is 32.1 Å². The molecule has 21 heavy (non-hydrogen) atoms. The monoisotopic (exact) mass is 424 g/mol. The maximum absolute atomic E-state index is 12.7. The third-order valence-corrected chi connectivity index (χ3v) is 4.57. The van der Waals surface area contributed by atoms with E-state index in [1.807, 2.05) is 19.1 Å². The first-order valence-corrected chi connectivity index (χ1v) is 7.92. The average molecular weight is 425 g/mol. The van der Waals surface area contributed by atoms with E-state index in [0.29, 0.717) is 6.61 Å². The van der Waals surface area contributed by atoms with Gasteiger partial charge < -0.3 is 15.4 Å². The van der Waals surface area contributed by atoms with Crippen molar-refractivity contribution in [2.45, 2.75) is 19.8 Å². The van der Waals surface area contributed by atoms with E-state index >= 15 is 0 Å². The Morgan fingerprint density at radius 3 is 2.67 bits per heavy atom. The zero-order valence-corrected chi connectivity index (χ0v) is 15.3. The highest BCUT2D eigenvalue weighted by molar-refractivity contribution is 14.1. The van der Waals surface area contributed by atoms with Crippen LogP contribution in [-0.4, -0.2) is 32.7 Å². The number of methoxy groups -OCH3 is 1. The van der Waals surface area contributed by atoms with Gasteiger partial charge in [0.2, 0.25) is 5.91 Å². The Morgan fingerprint density at radius 2 is 2.10 bits per heavy atom. The molecule has 0 atom stereocenters. The molecule has 1 aromatic carbocycles. The summed E-state index contributed by atoms with van der Waals surface area (Å²) in [5.74, 6) is 0.0742. The Balaban J connectivity index is 0.00000220. The van der Waals surface area contributed by atoms with Gasteiger partial charge in [-0.2, -0.15) is 0 Å². The fourth-order valence-electron chi connectivity index (χ4n) is 2.64. The number of halogens is 2. The molecule has 0 unspecified atom stereocenters. The van der Waals surface area contributed by atoms with Crippen LogP contribution in [0, 0.1) is 15.9 Å². The number of benzene rings is 1. The molecule has 118 valence electrons. The standard InChI is InChI=1S/C15H21IN2O2.ClH/c1-11-9-12(16)3-4-13(11)18-14(19)15(10-20-2)5-7-17-8-6-15;/h3-4,9,17H,5-8,10H2,1-2H3,(H,18,19);1H. The van der Waals surface area contributed by atoms with E-state index in [-0.39, 0.29) is 18.3 Å². The minimum absolute atomic E-state index is 0. The first-order valence-electron chi connectivity index (χ1n) is 6.85. The van der Waals surface area contributed by atoms with Gasteiger partial charge in [0.05, 0.1) is 12.0 Å². The molecule has 1 aliphatic rings. The quantitative estimate of drug-likeness (QED) is 0.731. The van der Waals surface area contributed by atoms with Crippen molar-refractivity contribution in [1.82, 2.24) is 5.32 Å². The van der Waals surface area contributed by atoms with Crippen LogP contribution in [0.2, 0.25) is 0 Å². The van der Waals surface area contributed by atoms with Gasteiger partial charge in [0, 0.05) is 16.4 Å². The lowest BCUT2D eigenvalue weighted by molar-refractivity contribution is -0.130. The molecule has 0 radical (unpaired) electrons. The molecular formula is C15H22ClIN2O2. The second-order valence-corrected chi connectivity index (χ2v) is 6.62. The summed E-state index contributed by atoms with van der Waals surface area (Å²) in [5.41, 5.74) is 1.58. The van der Waals surface area contributed by atoms with Crippen LogP contribution in [0.15, 0.2) is 18.2 Å². The van der Waals surface area contributed by atoms with Crippen molar-refractivity contribution in [3.8, 4) is 0 Å². The lowest BCUT2D eigenvalue weighted by Gasteiger charge is -2.35. The fourth-order valence-corrected chi connectivity index (χ4v) is 3.29. The molecule has 6 heteroatoms. The van der Waals surface area contributed by atoms with E-state index in [1.54, 1.807) is 7.11 Å². The number of hydrogen-bond donors (Lipinski definition) is 2. The van der Waals surface area contributed by atoms with E-state index < -0.39 is 5.41 Å². The number of piperidine rings is 1. The maximum Gasteiger partial charge on any atom is 0.233 e. The fraction of sp³-hybridized carbons (Fsp3) is 0.533. The lowest BCUT2D eigenvalue weighted by Crippen LogP contribution is -2.47. The van der Waals surface area contributed by atoms with Crippen LogP contribution in [0.1, 0.15) is 18.4 Å². The van der Waals surface area contributed by atoms with Gasteiger partial charge in [0.25, 0.3) is 0 Å². The second kappa shape index (κ2) is 8.31. The van der Waals surface area contributed by atoms with Gasteiger partial charge in [0.1, 0.15) is 0 Å². The summed E-state index contributed by atoms with van der Waals surface area (Å²) in [6.07, 6.45) is 1.63. The Hall–Kier alpha value is -0.370. The molecule has 0 saturated carbocycles. The molecule has 1 amide bonds. The molecule has 1 saturated heterocycles. The highest BCUT2D eigenvalue weighted by atomic mass is 127. The van der Waals surface area contributed by atoms with Gasteiger partial charge in [-0.05, 0) is 79.2 Å². The van der Waals surface area contributed by atoms with Crippen molar-refractivity contribution in [3.63, 3.8) is 0 Å². The van der Waals surface area contributed by atoms with Gasteiger partial charge in [0.15, 0.2) is 0 Å². The normalized spacial score (nSPS) is 16.9. The van der Waals surface area contributed by atoms with Crippen molar-refractivity contribution in [3.05, 3.63) is 27.3 Å². The molecule has 0 aromatic heterocycles. The van der Waals surface area contributed by atoms with Crippen molar-refractivity contribution < 1.29 is 9.53 Å². The van der Waals surface area contributed by atoms with Crippen molar-refractivity contribution >= 4 is 46.6 Å². The van der Waals surface area contributed by atoms with Crippen LogP contribution >= 0.6 is 35.0 Å². The van der Waals surface area contributed by atoms with Gasteiger partial charge >= 0.3 is 0 Å². The molecular weight excluding hydrogens is 403 g/mol. The topological polar surface area (TPSA) is 50.4 Å². The summed E-state index contributed by atoms with van der Waals surface area (Å²) in [4.78, 5) is 12.7. The third kappa shape index (κ3) is 4.55. The molecule has 2 N–H and O–H groups in total. The SMILES string of the molecule is COCC1(C(=O)Nc2ccc(I)cc2C)CCNCC1.Cl. The van der Waals surface area contributed by atoms with Crippen LogP contribution in [0.4, 0.5) is 5.69 Å². The zero-order chi connectivity index (χ0) is 14.6. The van der Waals surface area contributed by atoms with Crippen LogP contribution in [0.25, 0.3) is 0 Å². The van der Waals surface area contributed by atoms with Gasteiger partial charge in [-0.15, -0.1) is 12.4 Å². The van der Waals surface area contributed by atoms with Gasteiger partial charge in [-0.3, -0.25) is 4.79 Å². The van der Waals surface area contributed by atoms with E-state index in [9.17, 15) is 4.79 Å². The predicted octanol–water partition coefficient (Wildman–Crippen LogP) is 2.98. The maximum atomic E-state index is 12.7. The van der Waals surface area contributed by atoms with Crippen LogP contribution in [-0.2, 0) is 9.53 Å². The van der Waals surface area contributed by atoms with E-state index in [4.69, 9.17) is 4.74 Å². The minimum atomic E-state index is -0.407. The molecule has 4 nitrogen and oxygen atoms in total. The lowest BCUT2D eigenvalue weighted by atomic mass is 9.78. The largest absolute Gasteiger partial charge is 0.384 e. The van der Waals surface area contributed by atoms with Crippen molar-refractivity contribution in [1.29, 1.82) is 0 Å². The van der Waals surface area contributed by atoms with Crippen LogP contribution < -0.4 is 10.6 Å². The summed E-state index contributed by atoms with van der Waals surface area (Å²) in [6.45, 7) is 4.22. The highest BCUT2D eigenvalue weighted by Gasteiger charge is 2.39. The summed E-state index contributed by atoms with van der Waals surface area (Å²) >= 11 is 2.27. The number of nitrogens with one attached hydrogen (secondary N) is 2. The molecule has 1 aromatic rings. The van der Waals surface area contributed by atoms with Crippen molar-refractivity contribution in [2.24, 2.45) is 5.41 Å². The zero-order valence-electron chi connectivity index (χ0n) is 12.4. The van der Waals surface area contributed by atoms with Crippen LogP contribution in [0.5, 0.6) is 0 Å². The third-order valence-electron chi connectivity index (χ3n) is 3.90. The Bertz CT molecular complexity index is 485. The van der Waals surface area contributed by atoms with E-state index in [2.05, 4.69) is 39.3 Å².